The van der Waals surface area contributed by atoms with Crippen molar-refractivity contribution in [1.29, 1.82) is 0 Å². The SMILES string of the molecule is CC(CCCCCC(C(=O)O)C(C)(C)C)C(=O)O. The molecule has 0 aliphatic rings. The Kier molecular flexibility index (Phi) is 6.96. The summed E-state index contributed by atoms with van der Waals surface area (Å²) in [6.45, 7) is 7.53. The van der Waals surface area contributed by atoms with Crippen LogP contribution in [-0.2, 0) is 9.59 Å². The third-order valence-corrected chi connectivity index (χ3v) is 3.39. The Hall–Kier alpha value is -1.06. The molecule has 0 rings (SSSR count). The number of carboxylic acids is 2. The van der Waals surface area contributed by atoms with Gasteiger partial charge >= 0.3 is 11.9 Å². The number of aliphatic carboxylic acids is 2. The van der Waals surface area contributed by atoms with Crippen LogP contribution in [0.15, 0.2) is 0 Å². The molecule has 0 aromatic rings. The maximum atomic E-state index is 11.1. The molecule has 106 valence electrons. The van der Waals surface area contributed by atoms with Crippen molar-refractivity contribution < 1.29 is 19.8 Å². The Morgan fingerprint density at radius 2 is 1.44 bits per heavy atom. The van der Waals surface area contributed by atoms with E-state index in [0.717, 1.165) is 19.3 Å². The number of carboxylic acid groups (broad SMARTS) is 2. The molecule has 0 aromatic carbocycles. The molecule has 4 nitrogen and oxygen atoms in total. The fourth-order valence-electron chi connectivity index (χ4n) is 2.03. The summed E-state index contributed by atoms with van der Waals surface area (Å²) in [5.74, 6) is -2.12. The fourth-order valence-corrected chi connectivity index (χ4v) is 2.03. The van der Waals surface area contributed by atoms with Crippen LogP contribution >= 0.6 is 0 Å². The van der Waals surface area contributed by atoms with Crippen molar-refractivity contribution >= 4 is 11.9 Å². The van der Waals surface area contributed by atoms with E-state index in [-0.39, 0.29) is 17.3 Å². The van der Waals surface area contributed by atoms with Gasteiger partial charge in [0, 0.05) is 0 Å². The van der Waals surface area contributed by atoms with Gasteiger partial charge < -0.3 is 10.2 Å². The number of hydrogen-bond donors (Lipinski definition) is 2. The molecule has 0 spiro atoms. The molecule has 0 aliphatic carbocycles. The van der Waals surface area contributed by atoms with E-state index in [2.05, 4.69) is 0 Å². The highest BCUT2D eigenvalue weighted by Crippen LogP contribution is 2.30. The minimum atomic E-state index is -0.756. The molecule has 2 atom stereocenters. The molecule has 0 amide bonds. The minimum Gasteiger partial charge on any atom is -0.481 e. The second-order valence-corrected chi connectivity index (χ2v) is 6.13. The summed E-state index contributed by atoms with van der Waals surface area (Å²) in [7, 11) is 0. The van der Waals surface area contributed by atoms with E-state index in [1.165, 1.54) is 0 Å². The summed E-state index contributed by atoms with van der Waals surface area (Å²) >= 11 is 0. The number of hydrogen-bond acceptors (Lipinski definition) is 2. The Morgan fingerprint density at radius 1 is 0.944 bits per heavy atom. The largest absolute Gasteiger partial charge is 0.481 e. The highest BCUT2D eigenvalue weighted by Gasteiger charge is 2.30. The third kappa shape index (κ3) is 6.62. The molecular weight excluding hydrogens is 232 g/mol. The lowest BCUT2D eigenvalue weighted by atomic mass is 9.78. The van der Waals surface area contributed by atoms with Crippen LogP contribution in [0.25, 0.3) is 0 Å². The van der Waals surface area contributed by atoms with Crippen LogP contribution in [0.2, 0.25) is 0 Å². The van der Waals surface area contributed by atoms with Crippen molar-refractivity contribution in [3.05, 3.63) is 0 Å². The molecule has 0 radical (unpaired) electrons. The molecule has 2 N–H and O–H groups in total. The van der Waals surface area contributed by atoms with Crippen LogP contribution in [0.1, 0.15) is 59.8 Å². The second kappa shape index (κ2) is 7.39. The number of carbonyl (C=O) groups is 2. The lowest BCUT2D eigenvalue weighted by molar-refractivity contribution is -0.146. The predicted molar refractivity (Wildman–Crippen MR) is 70.5 cm³/mol. The molecule has 0 saturated carbocycles. The lowest BCUT2D eigenvalue weighted by Crippen LogP contribution is -2.28. The van der Waals surface area contributed by atoms with Crippen LogP contribution in [0.4, 0.5) is 0 Å². The van der Waals surface area contributed by atoms with Gasteiger partial charge in [0.1, 0.15) is 0 Å². The van der Waals surface area contributed by atoms with Gasteiger partial charge in [-0.05, 0) is 18.3 Å². The summed E-state index contributed by atoms with van der Waals surface area (Å²) in [5.41, 5.74) is -0.222. The molecule has 0 fully saturated rings. The maximum Gasteiger partial charge on any atom is 0.307 e. The van der Waals surface area contributed by atoms with Gasteiger partial charge in [-0.2, -0.15) is 0 Å². The Morgan fingerprint density at radius 3 is 1.83 bits per heavy atom. The first kappa shape index (κ1) is 16.9. The van der Waals surface area contributed by atoms with Gasteiger partial charge in [0.25, 0.3) is 0 Å². The smallest absolute Gasteiger partial charge is 0.307 e. The summed E-state index contributed by atoms with van der Waals surface area (Å²) in [6.07, 6.45) is 3.94. The zero-order valence-corrected chi connectivity index (χ0v) is 11.9. The second-order valence-electron chi connectivity index (χ2n) is 6.13. The van der Waals surface area contributed by atoms with Gasteiger partial charge in [-0.25, -0.2) is 0 Å². The van der Waals surface area contributed by atoms with Crippen LogP contribution < -0.4 is 0 Å². The Labute approximate surface area is 109 Å². The normalized spacial score (nSPS) is 15.1. The molecule has 0 aliphatic heterocycles. The van der Waals surface area contributed by atoms with Gasteiger partial charge in [0.05, 0.1) is 11.8 Å². The van der Waals surface area contributed by atoms with Crippen molar-refractivity contribution in [3.63, 3.8) is 0 Å². The van der Waals surface area contributed by atoms with Gasteiger partial charge in [-0.3, -0.25) is 9.59 Å². The minimum absolute atomic E-state index is 0.222. The van der Waals surface area contributed by atoms with E-state index in [1.54, 1.807) is 6.92 Å². The van der Waals surface area contributed by atoms with Gasteiger partial charge in [-0.1, -0.05) is 47.0 Å². The van der Waals surface area contributed by atoms with Gasteiger partial charge in [0.2, 0.25) is 0 Å². The average Bonchev–Trinajstić information content (AvgIpc) is 2.19. The molecule has 0 bridgehead atoms. The predicted octanol–water partition coefficient (Wildman–Crippen LogP) is 3.40. The molecule has 0 aromatic heterocycles. The van der Waals surface area contributed by atoms with Crippen molar-refractivity contribution in [2.45, 2.75) is 59.8 Å². The van der Waals surface area contributed by atoms with Crippen LogP contribution in [0.5, 0.6) is 0 Å². The zero-order chi connectivity index (χ0) is 14.3. The summed E-state index contributed by atoms with van der Waals surface area (Å²) < 4.78 is 0. The highest BCUT2D eigenvalue weighted by atomic mass is 16.4. The van der Waals surface area contributed by atoms with Crippen molar-refractivity contribution in [1.82, 2.24) is 0 Å². The first-order valence-electron chi connectivity index (χ1n) is 6.62. The standard InChI is InChI=1S/C14H26O4/c1-10(12(15)16)8-6-5-7-9-11(13(17)18)14(2,3)4/h10-11H,5-9H2,1-4H3,(H,15,16)(H,17,18). The first-order valence-corrected chi connectivity index (χ1v) is 6.62. The monoisotopic (exact) mass is 258 g/mol. The van der Waals surface area contributed by atoms with E-state index >= 15 is 0 Å². The number of rotatable bonds is 8. The molecule has 18 heavy (non-hydrogen) atoms. The van der Waals surface area contributed by atoms with Crippen LogP contribution in [-0.4, -0.2) is 22.2 Å². The molecule has 0 heterocycles. The van der Waals surface area contributed by atoms with Crippen LogP contribution in [0.3, 0.4) is 0 Å². The first-order chi connectivity index (χ1) is 8.16. The fraction of sp³-hybridized carbons (Fsp3) is 0.857. The molecule has 4 heteroatoms. The third-order valence-electron chi connectivity index (χ3n) is 3.39. The summed E-state index contributed by atoms with van der Waals surface area (Å²) in [5, 5.41) is 17.9. The van der Waals surface area contributed by atoms with Crippen molar-refractivity contribution in [3.8, 4) is 0 Å². The number of unbranched alkanes of at least 4 members (excludes halogenated alkanes) is 2. The zero-order valence-electron chi connectivity index (χ0n) is 11.9. The van der Waals surface area contributed by atoms with Crippen LogP contribution in [0, 0.1) is 17.3 Å². The van der Waals surface area contributed by atoms with E-state index in [9.17, 15) is 9.59 Å². The molecule has 0 saturated heterocycles. The Bertz CT molecular complexity index is 278. The molecular formula is C14H26O4. The van der Waals surface area contributed by atoms with Gasteiger partial charge in [-0.15, -0.1) is 0 Å². The van der Waals surface area contributed by atoms with E-state index in [1.807, 2.05) is 20.8 Å². The quantitative estimate of drug-likeness (QED) is 0.654. The summed E-state index contributed by atoms with van der Waals surface area (Å²) in [4.78, 5) is 21.7. The van der Waals surface area contributed by atoms with E-state index < -0.39 is 11.9 Å². The van der Waals surface area contributed by atoms with Crippen molar-refractivity contribution in [2.75, 3.05) is 0 Å². The van der Waals surface area contributed by atoms with Crippen molar-refractivity contribution in [2.24, 2.45) is 17.3 Å². The summed E-state index contributed by atoms with van der Waals surface area (Å²) in [6, 6.07) is 0. The average molecular weight is 258 g/mol. The highest BCUT2D eigenvalue weighted by molar-refractivity contribution is 5.70. The molecule has 2 unspecified atom stereocenters. The van der Waals surface area contributed by atoms with E-state index in [4.69, 9.17) is 10.2 Å². The van der Waals surface area contributed by atoms with Gasteiger partial charge in [0.15, 0.2) is 0 Å². The van der Waals surface area contributed by atoms with E-state index in [0.29, 0.717) is 12.8 Å². The Balaban J connectivity index is 3.89. The maximum absolute atomic E-state index is 11.1. The topological polar surface area (TPSA) is 74.6 Å². The lowest BCUT2D eigenvalue weighted by Gasteiger charge is -2.27.